The number of hydrogen-bond donors (Lipinski definition) is 3. The number of rotatable bonds is 6. The van der Waals surface area contributed by atoms with Crippen LogP contribution in [0.1, 0.15) is 17.5 Å². The Hall–Kier alpha value is -2.09. The molecule has 0 aliphatic carbocycles. The highest BCUT2D eigenvalue weighted by Gasteiger charge is 2.19. The Morgan fingerprint density at radius 1 is 1.18 bits per heavy atom. The highest BCUT2D eigenvalue weighted by Crippen LogP contribution is 2.24. The topological polar surface area (TPSA) is 73.8 Å². The highest BCUT2D eigenvalue weighted by molar-refractivity contribution is 9.10. The van der Waals surface area contributed by atoms with E-state index in [-0.39, 0.29) is 17.9 Å². The summed E-state index contributed by atoms with van der Waals surface area (Å²) in [6.07, 6.45) is 0.963. The molecule has 2 amide bonds. The molecule has 1 saturated heterocycles. The molecule has 3 rings (SSSR count). The molecule has 0 saturated carbocycles. The van der Waals surface area contributed by atoms with Crippen molar-refractivity contribution in [1.29, 1.82) is 0 Å². The predicted molar refractivity (Wildman–Crippen MR) is 112 cm³/mol. The van der Waals surface area contributed by atoms with Crippen molar-refractivity contribution in [3.63, 3.8) is 0 Å². The number of ether oxygens (including phenoxy) is 1. The van der Waals surface area contributed by atoms with Gasteiger partial charge in [-0.15, -0.1) is 0 Å². The van der Waals surface area contributed by atoms with E-state index in [0.717, 1.165) is 31.6 Å². The van der Waals surface area contributed by atoms with Gasteiger partial charge in [0.2, 0.25) is 0 Å². The van der Waals surface area contributed by atoms with Gasteiger partial charge in [-0.25, -0.2) is 4.79 Å². The number of halogens is 1. The zero-order valence-corrected chi connectivity index (χ0v) is 17.3. The van der Waals surface area contributed by atoms with E-state index in [4.69, 9.17) is 4.74 Å². The van der Waals surface area contributed by atoms with Crippen molar-refractivity contribution in [3.8, 4) is 5.75 Å². The molecule has 0 bridgehead atoms. The van der Waals surface area contributed by atoms with Crippen molar-refractivity contribution < 1.29 is 14.6 Å². The number of amides is 2. The number of phenolic OH excluding ortho intramolecular Hbond substituents is 1. The Kier molecular flexibility index (Phi) is 7.71. The maximum Gasteiger partial charge on any atom is 0.315 e. The lowest BCUT2D eigenvalue weighted by molar-refractivity contribution is 0.0551. The third kappa shape index (κ3) is 6.51. The van der Waals surface area contributed by atoms with Crippen molar-refractivity contribution in [2.45, 2.75) is 25.6 Å². The lowest BCUT2D eigenvalue weighted by atomic mass is 10.2. The number of urea groups is 1. The van der Waals surface area contributed by atoms with Crippen LogP contribution in [0.3, 0.4) is 0 Å². The van der Waals surface area contributed by atoms with Crippen LogP contribution < -0.4 is 10.6 Å². The summed E-state index contributed by atoms with van der Waals surface area (Å²) in [5.41, 5.74) is 2.19. The van der Waals surface area contributed by atoms with Gasteiger partial charge in [0.25, 0.3) is 0 Å². The molecule has 0 spiro atoms. The summed E-state index contributed by atoms with van der Waals surface area (Å²) in [6.45, 7) is 4.24. The van der Waals surface area contributed by atoms with E-state index in [1.807, 2.05) is 6.07 Å². The van der Waals surface area contributed by atoms with Crippen LogP contribution in [0.15, 0.2) is 53.0 Å². The first-order chi connectivity index (χ1) is 13.6. The number of phenols is 1. The fourth-order valence-corrected chi connectivity index (χ4v) is 3.62. The van der Waals surface area contributed by atoms with Gasteiger partial charge in [-0.2, -0.15) is 0 Å². The van der Waals surface area contributed by atoms with Gasteiger partial charge in [0, 0.05) is 39.3 Å². The van der Waals surface area contributed by atoms with Crippen molar-refractivity contribution >= 4 is 22.0 Å². The molecule has 3 N–H and O–H groups in total. The number of carbonyl (C=O) groups excluding carboxylic acids is 1. The molecule has 0 aromatic heterocycles. The summed E-state index contributed by atoms with van der Waals surface area (Å²) in [7, 11) is 0. The fraction of sp³-hybridized carbons (Fsp3) is 0.381. The molecule has 0 radical (unpaired) electrons. The van der Waals surface area contributed by atoms with Crippen molar-refractivity contribution in [3.05, 3.63) is 64.1 Å². The summed E-state index contributed by atoms with van der Waals surface area (Å²) in [5.74, 6) is 0.179. The zero-order valence-electron chi connectivity index (χ0n) is 15.7. The molecule has 28 heavy (non-hydrogen) atoms. The third-order valence-corrected chi connectivity index (χ3v) is 5.27. The number of benzene rings is 2. The molecule has 1 atom stereocenters. The smallest absolute Gasteiger partial charge is 0.315 e. The Bertz CT molecular complexity index is 773. The normalized spacial score (nSPS) is 17.7. The predicted octanol–water partition coefficient (Wildman–Crippen LogP) is 3.25. The molecule has 7 heteroatoms. The monoisotopic (exact) mass is 447 g/mol. The van der Waals surface area contributed by atoms with Crippen LogP contribution in [-0.4, -0.2) is 48.4 Å². The molecular formula is C21H26BrN3O3. The zero-order chi connectivity index (χ0) is 19.8. The molecule has 2 aromatic carbocycles. The van der Waals surface area contributed by atoms with E-state index in [0.29, 0.717) is 24.2 Å². The van der Waals surface area contributed by atoms with Crippen LogP contribution >= 0.6 is 15.9 Å². The Morgan fingerprint density at radius 3 is 2.79 bits per heavy atom. The van der Waals surface area contributed by atoms with Crippen LogP contribution in [0.5, 0.6) is 5.75 Å². The first kappa shape index (κ1) is 20.6. The second-order valence-electron chi connectivity index (χ2n) is 6.92. The van der Waals surface area contributed by atoms with Crippen molar-refractivity contribution in [2.75, 3.05) is 26.2 Å². The first-order valence-corrected chi connectivity index (χ1v) is 10.3. The lowest BCUT2D eigenvalue weighted by Gasteiger charge is -2.24. The Balaban J connectivity index is 1.43. The molecule has 1 unspecified atom stereocenters. The summed E-state index contributed by atoms with van der Waals surface area (Å²) >= 11 is 3.27. The first-order valence-electron chi connectivity index (χ1n) is 9.47. The van der Waals surface area contributed by atoms with E-state index < -0.39 is 0 Å². The van der Waals surface area contributed by atoms with Gasteiger partial charge in [-0.1, -0.05) is 36.4 Å². The summed E-state index contributed by atoms with van der Waals surface area (Å²) in [6, 6.07) is 15.3. The van der Waals surface area contributed by atoms with Crippen molar-refractivity contribution in [1.82, 2.24) is 15.5 Å². The summed E-state index contributed by atoms with van der Waals surface area (Å²) < 4.78 is 6.50. The van der Waals surface area contributed by atoms with E-state index >= 15 is 0 Å². The van der Waals surface area contributed by atoms with Crippen LogP contribution in [0, 0.1) is 0 Å². The second-order valence-corrected chi connectivity index (χ2v) is 7.77. The Morgan fingerprint density at radius 2 is 2.00 bits per heavy atom. The van der Waals surface area contributed by atoms with Crippen LogP contribution in [-0.2, 0) is 17.8 Å². The van der Waals surface area contributed by atoms with Crippen molar-refractivity contribution in [2.24, 2.45) is 0 Å². The highest BCUT2D eigenvalue weighted by atomic mass is 79.9. The third-order valence-electron chi connectivity index (χ3n) is 4.64. The molecule has 1 aliphatic heterocycles. The average molecular weight is 448 g/mol. The summed E-state index contributed by atoms with van der Waals surface area (Å²) in [4.78, 5) is 14.5. The van der Waals surface area contributed by atoms with Crippen LogP contribution in [0.2, 0.25) is 0 Å². The largest absolute Gasteiger partial charge is 0.507 e. The van der Waals surface area contributed by atoms with E-state index in [2.05, 4.69) is 55.7 Å². The number of carbonyl (C=O) groups is 1. The molecule has 1 heterocycles. The minimum absolute atomic E-state index is 0.0280. The van der Waals surface area contributed by atoms with Gasteiger partial charge in [0.1, 0.15) is 5.75 Å². The lowest BCUT2D eigenvalue weighted by Crippen LogP contribution is -2.43. The Labute approximate surface area is 174 Å². The molecule has 1 aliphatic rings. The molecular weight excluding hydrogens is 422 g/mol. The standard InChI is InChI=1S/C21H26BrN3O3/c22-19-11-17(7-8-20(19)26)12-23-21(27)24-13-18-15-25(9-4-10-28-18)14-16-5-2-1-3-6-16/h1-3,5-8,11,18,26H,4,9-10,12-15H2,(H2,23,24,27). The molecule has 150 valence electrons. The van der Waals surface area contributed by atoms with Gasteiger partial charge < -0.3 is 20.5 Å². The van der Waals surface area contributed by atoms with Crippen LogP contribution in [0.25, 0.3) is 0 Å². The van der Waals surface area contributed by atoms with E-state index in [1.54, 1.807) is 18.2 Å². The van der Waals surface area contributed by atoms with E-state index in [1.165, 1.54) is 5.56 Å². The van der Waals surface area contributed by atoms with Crippen LogP contribution in [0.4, 0.5) is 4.79 Å². The SMILES string of the molecule is O=C(NCc1ccc(O)c(Br)c1)NCC1CN(Cc2ccccc2)CCCO1. The molecule has 6 nitrogen and oxygen atoms in total. The summed E-state index contributed by atoms with van der Waals surface area (Å²) in [5, 5.41) is 15.3. The maximum absolute atomic E-state index is 12.1. The number of nitrogens with zero attached hydrogens (tertiary/aromatic N) is 1. The fourth-order valence-electron chi connectivity index (χ4n) is 3.19. The number of nitrogens with one attached hydrogen (secondary N) is 2. The average Bonchev–Trinajstić information content (AvgIpc) is 2.93. The van der Waals surface area contributed by atoms with Gasteiger partial charge in [0.05, 0.1) is 10.6 Å². The van der Waals surface area contributed by atoms with Gasteiger partial charge in [0.15, 0.2) is 0 Å². The quantitative estimate of drug-likeness (QED) is 0.635. The number of hydrogen-bond acceptors (Lipinski definition) is 4. The van der Waals surface area contributed by atoms with Gasteiger partial charge in [-0.3, -0.25) is 4.90 Å². The minimum atomic E-state index is -0.230. The number of aromatic hydroxyl groups is 1. The van der Waals surface area contributed by atoms with Gasteiger partial charge in [-0.05, 0) is 45.6 Å². The molecule has 1 fully saturated rings. The van der Waals surface area contributed by atoms with Gasteiger partial charge >= 0.3 is 6.03 Å². The molecule has 2 aromatic rings. The second kappa shape index (κ2) is 10.5. The van der Waals surface area contributed by atoms with E-state index in [9.17, 15) is 9.90 Å². The maximum atomic E-state index is 12.1. The minimum Gasteiger partial charge on any atom is -0.507 e.